The third-order valence-corrected chi connectivity index (χ3v) is 5.05. The lowest BCUT2D eigenvalue weighted by molar-refractivity contribution is 0.146. The number of nitrogens with zero attached hydrogens (tertiary/aromatic N) is 4. The van der Waals surface area contributed by atoms with Crippen LogP contribution >= 0.6 is 0 Å². The maximum absolute atomic E-state index is 13.4. The van der Waals surface area contributed by atoms with Crippen LogP contribution in [0, 0.1) is 5.82 Å². The highest BCUT2D eigenvalue weighted by Gasteiger charge is 2.25. The molecule has 0 radical (unpaired) electrons. The Kier molecular flexibility index (Phi) is 5.21. The van der Waals surface area contributed by atoms with E-state index < -0.39 is 0 Å². The van der Waals surface area contributed by atoms with Crippen LogP contribution in [0.1, 0.15) is 26.3 Å². The van der Waals surface area contributed by atoms with Gasteiger partial charge in [-0.05, 0) is 31.0 Å². The first-order valence-electron chi connectivity index (χ1n) is 8.80. The number of H-pyrrole nitrogens is 1. The van der Waals surface area contributed by atoms with Crippen LogP contribution in [0.15, 0.2) is 36.8 Å². The number of hydrogen-bond donors (Lipinski definition) is 1. The standard InChI is InChI=1S/C19H22FN5O.CH4/c1-23(2)19(26)24-7-5-15(6-8-24)25-12-13(10-22-25)17-11-21-18-9-14(20)3-4-16(17)18;/h3-4,9-12,15,21H,5-8H2,1-2H3;1H4. The van der Waals surface area contributed by atoms with Gasteiger partial charge in [0.15, 0.2) is 0 Å². The van der Waals surface area contributed by atoms with Gasteiger partial charge in [0.05, 0.1) is 12.2 Å². The van der Waals surface area contributed by atoms with E-state index in [1.165, 1.54) is 12.1 Å². The second-order valence-electron chi connectivity index (χ2n) is 7.00. The summed E-state index contributed by atoms with van der Waals surface area (Å²) in [5.74, 6) is -0.249. The molecular formula is C20H26FN5O. The fourth-order valence-corrected chi connectivity index (χ4v) is 3.62. The predicted molar refractivity (Wildman–Crippen MR) is 105 cm³/mol. The first kappa shape index (κ1) is 18.9. The van der Waals surface area contributed by atoms with E-state index in [0.29, 0.717) is 0 Å². The highest BCUT2D eigenvalue weighted by Crippen LogP contribution is 2.30. The average Bonchev–Trinajstić information content (AvgIpc) is 3.27. The zero-order valence-corrected chi connectivity index (χ0v) is 14.9. The lowest BCUT2D eigenvalue weighted by Crippen LogP contribution is -2.44. The fraction of sp³-hybridized carbons (Fsp3) is 0.400. The van der Waals surface area contributed by atoms with E-state index in [-0.39, 0.29) is 25.3 Å². The molecule has 7 heteroatoms. The number of urea groups is 1. The Labute approximate surface area is 158 Å². The van der Waals surface area contributed by atoms with E-state index in [1.54, 1.807) is 25.1 Å². The molecule has 2 amide bonds. The quantitative estimate of drug-likeness (QED) is 0.736. The van der Waals surface area contributed by atoms with Gasteiger partial charge in [0, 0.05) is 61.6 Å². The number of piperidine rings is 1. The Balaban J connectivity index is 0.00000210. The number of fused-ring (bicyclic) bond motifs is 1. The molecule has 1 aliphatic heterocycles. The topological polar surface area (TPSA) is 57.2 Å². The third kappa shape index (κ3) is 3.54. The van der Waals surface area contributed by atoms with Crippen LogP contribution in [0.5, 0.6) is 0 Å². The third-order valence-electron chi connectivity index (χ3n) is 5.05. The first-order valence-corrected chi connectivity index (χ1v) is 8.80. The molecule has 1 aromatic carbocycles. The summed E-state index contributed by atoms with van der Waals surface area (Å²) in [6.45, 7) is 1.48. The van der Waals surface area contributed by atoms with Gasteiger partial charge in [-0.3, -0.25) is 4.68 Å². The van der Waals surface area contributed by atoms with E-state index in [9.17, 15) is 9.18 Å². The number of carbonyl (C=O) groups excluding carboxylic acids is 1. The van der Waals surface area contributed by atoms with Crippen LogP contribution in [0.4, 0.5) is 9.18 Å². The molecule has 27 heavy (non-hydrogen) atoms. The molecule has 0 unspecified atom stereocenters. The second kappa shape index (κ2) is 7.42. The first-order chi connectivity index (χ1) is 12.5. The number of hydrogen-bond acceptors (Lipinski definition) is 2. The lowest BCUT2D eigenvalue weighted by Gasteiger charge is -2.33. The number of rotatable bonds is 2. The predicted octanol–water partition coefficient (Wildman–Crippen LogP) is 4.13. The van der Waals surface area contributed by atoms with Crippen molar-refractivity contribution in [3.63, 3.8) is 0 Å². The molecule has 3 heterocycles. The van der Waals surface area contributed by atoms with Gasteiger partial charge in [0.1, 0.15) is 5.82 Å². The van der Waals surface area contributed by atoms with Crippen LogP contribution in [-0.4, -0.2) is 57.8 Å². The molecular weight excluding hydrogens is 345 g/mol. The summed E-state index contributed by atoms with van der Waals surface area (Å²) in [6.07, 6.45) is 7.56. The van der Waals surface area contributed by atoms with E-state index >= 15 is 0 Å². The van der Waals surface area contributed by atoms with Gasteiger partial charge in [-0.25, -0.2) is 9.18 Å². The van der Waals surface area contributed by atoms with Gasteiger partial charge in [-0.1, -0.05) is 7.43 Å². The minimum atomic E-state index is -0.249. The van der Waals surface area contributed by atoms with Gasteiger partial charge >= 0.3 is 6.03 Å². The summed E-state index contributed by atoms with van der Waals surface area (Å²) in [7, 11) is 3.56. The molecule has 0 spiro atoms. The molecule has 0 bridgehead atoms. The number of halogens is 1. The van der Waals surface area contributed by atoms with E-state index in [0.717, 1.165) is 48.0 Å². The molecule has 2 aromatic heterocycles. The minimum Gasteiger partial charge on any atom is -0.360 e. The van der Waals surface area contributed by atoms with Crippen molar-refractivity contribution in [1.29, 1.82) is 0 Å². The Bertz CT molecular complexity index is 937. The smallest absolute Gasteiger partial charge is 0.319 e. The summed E-state index contributed by atoms with van der Waals surface area (Å²) < 4.78 is 15.4. The zero-order chi connectivity index (χ0) is 18.3. The van der Waals surface area contributed by atoms with Gasteiger partial charge in [0.2, 0.25) is 0 Å². The molecule has 6 nitrogen and oxygen atoms in total. The molecule has 1 saturated heterocycles. The average molecular weight is 371 g/mol. The SMILES string of the molecule is C.CN(C)C(=O)N1CCC(n2cc(-c3c[nH]c4cc(F)ccc34)cn2)CC1. The number of aromatic nitrogens is 3. The van der Waals surface area contributed by atoms with E-state index in [1.807, 2.05) is 28.2 Å². The van der Waals surface area contributed by atoms with Crippen molar-refractivity contribution in [2.45, 2.75) is 26.3 Å². The molecule has 3 aromatic rings. The summed E-state index contributed by atoms with van der Waals surface area (Å²) in [5, 5.41) is 5.52. The molecule has 1 aliphatic rings. The number of aromatic amines is 1. The zero-order valence-electron chi connectivity index (χ0n) is 14.9. The number of amides is 2. The maximum atomic E-state index is 13.4. The van der Waals surface area contributed by atoms with Crippen molar-refractivity contribution in [2.24, 2.45) is 0 Å². The Morgan fingerprint density at radius 1 is 1.30 bits per heavy atom. The van der Waals surface area contributed by atoms with Crippen LogP contribution in [0.2, 0.25) is 0 Å². The van der Waals surface area contributed by atoms with Crippen LogP contribution < -0.4 is 0 Å². The molecule has 0 atom stereocenters. The summed E-state index contributed by atoms with van der Waals surface area (Å²) >= 11 is 0. The number of likely N-dealkylation sites (tertiary alicyclic amines) is 1. The number of nitrogens with one attached hydrogen (secondary N) is 1. The minimum absolute atomic E-state index is 0. The van der Waals surface area contributed by atoms with Crippen molar-refractivity contribution in [1.82, 2.24) is 24.6 Å². The summed E-state index contributed by atoms with van der Waals surface area (Å²) in [4.78, 5) is 18.7. The molecule has 1 N–H and O–H groups in total. The van der Waals surface area contributed by atoms with Crippen LogP contribution in [0.3, 0.4) is 0 Å². The Morgan fingerprint density at radius 2 is 2.04 bits per heavy atom. The van der Waals surface area contributed by atoms with Gasteiger partial charge < -0.3 is 14.8 Å². The van der Waals surface area contributed by atoms with Gasteiger partial charge in [0.25, 0.3) is 0 Å². The van der Waals surface area contributed by atoms with Crippen molar-refractivity contribution in [2.75, 3.05) is 27.2 Å². The normalized spacial score (nSPS) is 15.0. The molecule has 0 saturated carbocycles. The van der Waals surface area contributed by atoms with E-state index in [2.05, 4.69) is 10.1 Å². The fourth-order valence-electron chi connectivity index (χ4n) is 3.62. The van der Waals surface area contributed by atoms with Crippen molar-refractivity contribution in [3.05, 3.63) is 42.6 Å². The van der Waals surface area contributed by atoms with Crippen LogP contribution in [-0.2, 0) is 0 Å². The molecule has 0 aliphatic carbocycles. The molecule has 144 valence electrons. The van der Waals surface area contributed by atoms with Crippen molar-refractivity contribution >= 4 is 16.9 Å². The second-order valence-corrected chi connectivity index (χ2v) is 7.00. The number of carbonyl (C=O) groups is 1. The van der Waals surface area contributed by atoms with E-state index in [4.69, 9.17) is 0 Å². The summed E-state index contributed by atoms with van der Waals surface area (Å²) in [5.41, 5.74) is 2.81. The Hall–Kier alpha value is -2.83. The molecule has 1 fully saturated rings. The van der Waals surface area contributed by atoms with Gasteiger partial charge in [-0.15, -0.1) is 0 Å². The highest BCUT2D eigenvalue weighted by atomic mass is 19.1. The number of benzene rings is 1. The highest BCUT2D eigenvalue weighted by molar-refractivity contribution is 5.95. The lowest BCUT2D eigenvalue weighted by atomic mass is 10.1. The largest absolute Gasteiger partial charge is 0.360 e. The van der Waals surface area contributed by atoms with Crippen molar-refractivity contribution in [3.8, 4) is 11.1 Å². The summed E-state index contributed by atoms with van der Waals surface area (Å²) in [6, 6.07) is 5.12. The van der Waals surface area contributed by atoms with Crippen LogP contribution in [0.25, 0.3) is 22.0 Å². The Morgan fingerprint density at radius 3 is 2.74 bits per heavy atom. The maximum Gasteiger partial charge on any atom is 0.319 e. The van der Waals surface area contributed by atoms with Crippen molar-refractivity contribution < 1.29 is 9.18 Å². The monoisotopic (exact) mass is 371 g/mol. The molecule has 4 rings (SSSR count). The van der Waals surface area contributed by atoms with Gasteiger partial charge in [-0.2, -0.15) is 5.10 Å².